The van der Waals surface area contributed by atoms with Crippen LogP contribution in [0.3, 0.4) is 0 Å². The second kappa shape index (κ2) is 3.62. The summed E-state index contributed by atoms with van der Waals surface area (Å²) in [5.41, 5.74) is 0. The van der Waals surface area contributed by atoms with Crippen LogP contribution in [0.1, 0.15) is 13.3 Å². The quantitative estimate of drug-likeness (QED) is 0.579. The van der Waals surface area contributed by atoms with Gasteiger partial charge in [-0.05, 0) is 12.3 Å². The van der Waals surface area contributed by atoms with Crippen LogP contribution in [-0.4, -0.2) is 37.4 Å². The van der Waals surface area contributed by atoms with Crippen LogP contribution in [0.25, 0.3) is 0 Å². The van der Waals surface area contributed by atoms with Gasteiger partial charge in [-0.1, -0.05) is 6.92 Å². The first-order valence-corrected chi connectivity index (χ1v) is 4.70. The number of aliphatic hydroxyl groups is 1. The minimum Gasteiger partial charge on any atom is -0.760 e. The van der Waals surface area contributed by atoms with Crippen LogP contribution in [-0.2, 0) is 11.3 Å². The summed E-state index contributed by atoms with van der Waals surface area (Å²) in [6.07, 6.45) is 0.354. The maximum Gasteiger partial charge on any atom is 0.0717 e. The van der Waals surface area contributed by atoms with E-state index in [0.717, 1.165) is 6.42 Å². The van der Waals surface area contributed by atoms with Crippen LogP contribution in [0.2, 0.25) is 0 Å². The molecule has 11 heavy (non-hydrogen) atoms. The van der Waals surface area contributed by atoms with Gasteiger partial charge in [-0.2, -0.15) is 0 Å². The molecule has 0 aliphatic carbocycles. The Labute approximate surface area is 68.6 Å². The highest BCUT2D eigenvalue weighted by molar-refractivity contribution is 7.76. The monoisotopic (exact) mass is 178 g/mol. The summed E-state index contributed by atoms with van der Waals surface area (Å²) in [5.74, 6) is 0.118. The third-order valence-electron chi connectivity index (χ3n) is 2.11. The molecule has 0 aromatic rings. The first-order chi connectivity index (χ1) is 5.15. The first-order valence-electron chi connectivity index (χ1n) is 3.67. The van der Waals surface area contributed by atoms with Crippen molar-refractivity contribution in [1.82, 2.24) is 4.31 Å². The molecule has 4 nitrogen and oxygen atoms in total. The molecule has 1 rings (SSSR count). The Morgan fingerprint density at radius 2 is 2.36 bits per heavy atom. The Bertz CT molecular complexity index is 164. The lowest BCUT2D eigenvalue weighted by Crippen LogP contribution is -2.23. The van der Waals surface area contributed by atoms with E-state index in [0.29, 0.717) is 6.54 Å². The maximum absolute atomic E-state index is 10.4. The van der Waals surface area contributed by atoms with Gasteiger partial charge in [-0.25, -0.2) is 4.31 Å². The Hall–Kier alpha value is 0.0300. The van der Waals surface area contributed by atoms with Gasteiger partial charge in [0.05, 0.1) is 6.10 Å². The molecule has 0 aromatic carbocycles. The molecule has 1 N–H and O–H groups in total. The molecular formula is C6H12NO3S-. The molecule has 1 saturated heterocycles. The second-order valence-corrected chi connectivity index (χ2v) is 3.75. The lowest BCUT2D eigenvalue weighted by Gasteiger charge is -2.16. The molecule has 5 heteroatoms. The van der Waals surface area contributed by atoms with Gasteiger partial charge in [0.15, 0.2) is 0 Å². The lowest BCUT2D eigenvalue weighted by atomic mass is 10.0. The van der Waals surface area contributed by atoms with Crippen molar-refractivity contribution < 1.29 is 13.9 Å². The van der Waals surface area contributed by atoms with Crippen LogP contribution in [0.15, 0.2) is 0 Å². The minimum absolute atomic E-state index is 0.118. The van der Waals surface area contributed by atoms with Gasteiger partial charge in [0.1, 0.15) is 0 Å². The van der Waals surface area contributed by atoms with E-state index in [4.69, 9.17) is 0 Å². The summed E-state index contributed by atoms with van der Waals surface area (Å²) in [4.78, 5) is 0. The van der Waals surface area contributed by atoms with Crippen LogP contribution in [0, 0.1) is 5.92 Å². The zero-order valence-electron chi connectivity index (χ0n) is 6.40. The summed E-state index contributed by atoms with van der Waals surface area (Å²) < 4.78 is 22.1. The molecule has 1 fully saturated rings. The van der Waals surface area contributed by atoms with E-state index < -0.39 is 17.4 Å². The third-order valence-corrected chi connectivity index (χ3v) is 2.83. The lowest BCUT2D eigenvalue weighted by molar-refractivity contribution is 0.143. The number of aliphatic hydroxyl groups excluding tert-OH is 1. The Morgan fingerprint density at radius 1 is 1.73 bits per heavy atom. The van der Waals surface area contributed by atoms with Crippen molar-refractivity contribution in [3.05, 3.63) is 0 Å². The molecule has 0 amide bonds. The largest absolute Gasteiger partial charge is 0.760 e. The smallest absolute Gasteiger partial charge is 0.0717 e. The summed E-state index contributed by atoms with van der Waals surface area (Å²) in [5, 5.41) is 9.29. The second-order valence-electron chi connectivity index (χ2n) is 2.80. The molecule has 1 heterocycles. The van der Waals surface area contributed by atoms with E-state index in [1.165, 1.54) is 4.31 Å². The van der Waals surface area contributed by atoms with E-state index in [9.17, 15) is 13.9 Å². The van der Waals surface area contributed by atoms with Gasteiger partial charge in [-0.3, -0.25) is 4.21 Å². The number of hydrogen-bond acceptors (Lipinski definition) is 3. The molecule has 0 aromatic heterocycles. The van der Waals surface area contributed by atoms with Gasteiger partial charge in [-0.15, -0.1) is 0 Å². The van der Waals surface area contributed by atoms with Crippen molar-refractivity contribution in [3.63, 3.8) is 0 Å². The molecule has 0 radical (unpaired) electrons. The molecule has 66 valence electrons. The van der Waals surface area contributed by atoms with E-state index in [2.05, 4.69) is 0 Å². The molecule has 3 atom stereocenters. The SMILES string of the molecule is CCC1CN(S(=O)[O-])CC1O. The van der Waals surface area contributed by atoms with Crippen molar-refractivity contribution >= 4 is 11.3 Å². The van der Waals surface area contributed by atoms with E-state index in [1.807, 2.05) is 6.92 Å². The summed E-state index contributed by atoms with van der Waals surface area (Å²) in [6.45, 7) is 2.67. The molecular weight excluding hydrogens is 166 g/mol. The summed E-state index contributed by atoms with van der Waals surface area (Å²) >= 11 is -2.16. The fraction of sp³-hybridized carbons (Fsp3) is 1.00. The van der Waals surface area contributed by atoms with Gasteiger partial charge < -0.3 is 9.66 Å². The average Bonchev–Trinajstić information content (AvgIpc) is 2.31. The average molecular weight is 178 g/mol. The van der Waals surface area contributed by atoms with E-state index in [1.54, 1.807) is 0 Å². The number of hydrogen-bond donors (Lipinski definition) is 1. The standard InChI is InChI=1S/C6H13NO3S/c1-2-5-3-7(11(9)10)4-6(5)8/h5-6,8H,2-4H2,1H3,(H,9,10)/p-1. The van der Waals surface area contributed by atoms with Gasteiger partial charge in [0.2, 0.25) is 0 Å². The first kappa shape index (κ1) is 9.12. The van der Waals surface area contributed by atoms with Gasteiger partial charge in [0.25, 0.3) is 0 Å². The molecule has 0 spiro atoms. The fourth-order valence-electron chi connectivity index (χ4n) is 1.34. The number of β-amino-alcohol motifs (C(OH)–C–C–N with tert-alkyl or cyclic N) is 1. The van der Waals surface area contributed by atoms with Gasteiger partial charge in [0, 0.05) is 24.4 Å². The predicted molar refractivity (Wildman–Crippen MR) is 40.3 cm³/mol. The molecule has 3 unspecified atom stereocenters. The van der Waals surface area contributed by atoms with Crippen LogP contribution < -0.4 is 0 Å². The normalized spacial score (nSPS) is 35.9. The zero-order chi connectivity index (χ0) is 8.43. The van der Waals surface area contributed by atoms with E-state index in [-0.39, 0.29) is 12.5 Å². The summed E-state index contributed by atoms with van der Waals surface area (Å²) in [7, 11) is 0. The highest BCUT2D eigenvalue weighted by atomic mass is 32.2. The zero-order valence-corrected chi connectivity index (χ0v) is 7.21. The van der Waals surface area contributed by atoms with Crippen molar-refractivity contribution in [3.8, 4) is 0 Å². The van der Waals surface area contributed by atoms with E-state index >= 15 is 0 Å². The number of nitrogens with zero attached hydrogens (tertiary/aromatic N) is 1. The highest BCUT2D eigenvalue weighted by Crippen LogP contribution is 2.20. The summed E-state index contributed by atoms with van der Waals surface area (Å²) in [6, 6.07) is 0. The molecule has 1 aliphatic heterocycles. The van der Waals surface area contributed by atoms with Crippen molar-refractivity contribution in [1.29, 1.82) is 0 Å². The van der Waals surface area contributed by atoms with Crippen LogP contribution >= 0.6 is 0 Å². The topological polar surface area (TPSA) is 63.6 Å². The Kier molecular flexibility index (Phi) is 3.00. The Balaban J connectivity index is 2.49. The van der Waals surface area contributed by atoms with Crippen molar-refractivity contribution in [2.75, 3.05) is 13.1 Å². The Morgan fingerprint density at radius 3 is 2.64 bits per heavy atom. The third kappa shape index (κ3) is 1.99. The fourth-order valence-corrected chi connectivity index (χ4v) is 1.93. The number of rotatable bonds is 2. The van der Waals surface area contributed by atoms with Crippen molar-refractivity contribution in [2.45, 2.75) is 19.4 Å². The van der Waals surface area contributed by atoms with Crippen LogP contribution in [0.4, 0.5) is 0 Å². The van der Waals surface area contributed by atoms with Crippen LogP contribution in [0.5, 0.6) is 0 Å². The molecule has 0 bridgehead atoms. The minimum atomic E-state index is -2.16. The molecule has 1 aliphatic rings. The maximum atomic E-state index is 10.4. The predicted octanol–water partition coefficient (Wildman–Crippen LogP) is -0.517. The molecule has 0 saturated carbocycles. The highest BCUT2D eigenvalue weighted by Gasteiger charge is 2.30. The van der Waals surface area contributed by atoms with Crippen molar-refractivity contribution in [2.24, 2.45) is 5.92 Å². The van der Waals surface area contributed by atoms with Gasteiger partial charge >= 0.3 is 0 Å².